The van der Waals surface area contributed by atoms with E-state index in [0.29, 0.717) is 12.2 Å². The molecule has 0 aliphatic carbocycles. The Balaban J connectivity index is 1.88. The quantitative estimate of drug-likeness (QED) is 0.466. The Hall–Kier alpha value is -3.68. The molecule has 126 valence electrons. The van der Waals surface area contributed by atoms with Gasteiger partial charge in [-0.05, 0) is 17.7 Å². The molecule has 0 saturated carbocycles. The number of nitrogens with one attached hydrogen (secondary N) is 2. The molecule has 8 heteroatoms. The number of benzene rings is 2. The predicted molar refractivity (Wildman–Crippen MR) is 96.6 cm³/mol. The van der Waals surface area contributed by atoms with E-state index in [1.54, 1.807) is 12.1 Å². The van der Waals surface area contributed by atoms with Gasteiger partial charge in [-0.15, -0.1) is 0 Å². The van der Waals surface area contributed by atoms with E-state index in [4.69, 9.17) is 5.73 Å². The van der Waals surface area contributed by atoms with E-state index in [1.807, 2.05) is 48.5 Å². The van der Waals surface area contributed by atoms with Crippen molar-refractivity contribution in [2.45, 2.75) is 6.54 Å². The normalized spacial score (nSPS) is 10.2. The minimum atomic E-state index is -0.596. The monoisotopic (exact) mass is 336 g/mol. The van der Waals surface area contributed by atoms with E-state index in [-0.39, 0.29) is 23.3 Å². The highest BCUT2D eigenvalue weighted by Crippen LogP contribution is 2.31. The molecule has 0 aliphatic heterocycles. The molecule has 2 aromatic carbocycles. The molecule has 4 N–H and O–H groups in total. The van der Waals surface area contributed by atoms with Gasteiger partial charge in [0.2, 0.25) is 17.6 Å². The van der Waals surface area contributed by atoms with Gasteiger partial charge in [-0.2, -0.15) is 9.97 Å². The third-order valence-corrected chi connectivity index (χ3v) is 3.42. The van der Waals surface area contributed by atoms with Crippen molar-refractivity contribution >= 4 is 29.0 Å². The average molecular weight is 336 g/mol. The van der Waals surface area contributed by atoms with Gasteiger partial charge in [0.25, 0.3) is 0 Å². The van der Waals surface area contributed by atoms with Crippen LogP contribution in [0.2, 0.25) is 0 Å². The molecule has 0 saturated heterocycles. The molecule has 0 radical (unpaired) electrons. The van der Waals surface area contributed by atoms with Crippen LogP contribution in [0.4, 0.5) is 29.0 Å². The minimum absolute atomic E-state index is 0.0410. The maximum atomic E-state index is 11.3. The Kier molecular flexibility index (Phi) is 4.70. The van der Waals surface area contributed by atoms with Crippen molar-refractivity contribution in [3.8, 4) is 0 Å². The van der Waals surface area contributed by atoms with Crippen LogP contribution in [0.1, 0.15) is 5.56 Å². The maximum absolute atomic E-state index is 11.3. The third kappa shape index (κ3) is 3.99. The van der Waals surface area contributed by atoms with Crippen molar-refractivity contribution < 1.29 is 4.92 Å². The maximum Gasteiger partial charge on any atom is 0.353 e. The van der Waals surface area contributed by atoms with Gasteiger partial charge >= 0.3 is 5.69 Å². The fourth-order valence-corrected chi connectivity index (χ4v) is 2.25. The van der Waals surface area contributed by atoms with Crippen LogP contribution in [0.5, 0.6) is 0 Å². The summed E-state index contributed by atoms with van der Waals surface area (Å²) >= 11 is 0. The fourth-order valence-electron chi connectivity index (χ4n) is 2.25. The van der Waals surface area contributed by atoms with Crippen LogP contribution in [0.3, 0.4) is 0 Å². The Labute approximate surface area is 143 Å². The highest BCUT2D eigenvalue weighted by atomic mass is 16.6. The molecule has 0 spiro atoms. The molecular formula is C17H16N6O2. The van der Waals surface area contributed by atoms with Gasteiger partial charge in [0.05, 0.1) is 4.92 Å². The van der Waals surface area contributed by atoms with Gasteiger partial charge in [-0.3, -0.25) is 10.1 Å². The molecular weight excluding hydrogens is 320 g/mol. The minimum Gasteiger partial charge on any atom is -0.378 e. The molecule has 0 amide bonds. The lowest BCUT2D eigenvalue weighted by Gasteiger charge is -2.10. The number of hydrogen-bond acceptors (Lipinski definition) is 7. The molecule has 3 rings (SSSR count). The topological polar surface area (TPSA) is 119 Å². The van der Waals surface area contributed by atoms with E-state index in [0.717, 1.165) is 5.56 Å². The van der Waals surface area contributed by atoms with E-state index in [2.05, 4.69) is 20.6 Å². The second-order valence-electron chi connectivity index (χ2n) is 5.22. The number of para-hydroxylation sites is 1. The van der Waals surface area contributed by atoms with Gasteiger partial charge in [0, 0.05) is 12.2 Å². The number of anilines is 4. The van der Waals surface area contributed by atoms with Gasteiger partial charge in [0.15, 0.2) is 0 Å². The largest absolute Gasteiger partial charge is 0.378 e. The van der Waals surface area contributed by atoms with E-state index >= 15 is 0 Å². The molecule has 0 unspecified atom stereocenters. The van der Waals surface area contributed by atoms with E-state index in [9.17, 15) is 10.1 Å². The van der Waals surface area contributed by atoms with Crippen molar-refractivity contribution in [2.24, 2.45) is 0 Å². The molecule has 25 heavy (non-hydrogen) atoms. The van der Waals surface area contributed by atoms with Crippen molar-refractivity contribution in [1.29, 1.82) is 0 Å². The second kappa shape index (κ2) is 7.26. The van der Waals surface area contributed by atoms with Crippen molar-refractivity contribution in [3.63, 3.8) is 0 Å². The van der Waals surface area contributed by atoms with Gasteiger partial charge in [-0.1, -0.05) is 48.5 Å². The summed E-state index contributed by atoms with van der Waals surface area (Å²) in [6.45, 7) is 0.475. The molecule has 1 heterocycles. The summed E-state index contributed by atoms with van der Waals surface area (Å²) in [6, 6.07) is 18.7. The van der Waals surface area contributed by atoms with Gasteiger partial charge < -0.3 is 16.4 Å². The standard InChI is InChI=1S/C17H16N6O2/c18-15-14(23(24)25)16(20-13-9-5-2-6-10-13)22-17(21-15)19-11-12-7-3-1-4-8-12/h1-10H,11H2,(H4,18,19,20,21,22). The number of hydrogen-bond donors (Lipinski definition) is 3. The lowest BCUT2D eigenvalue weighted by Crippen LogP contribution is -2.10. The molecule has 0 bridgehead atoms. The Morgan fingerprint density at radius 3 is 2.28 bits per heavy atom. The highest BCUT2D eigenvalue weighted by molar-refractivity contribution is 5.74. The van der Waals surface area contributed by atoms with Crippen molar-refractivity contribution in [2.75, 3.05) is 16.4 Å². The van der Waals surface area contributed by atoms with E-state index in [1.165, 1.54) is 0 Å². The highest BCUT2D eigenvalue weighted by Gasteiger charge is 2.23. The first kappa shape index (κ1) is 16.2. The first-order valence-corrected chi connectivity index (χ1v) is 7.55. The summed E-state index contributed by atoms with van der Waals surface area (Å²) in [5.41, 5.74) is 7.11. The Morgan fingerprint density at radius 1 is 1.00 bits per heavy atom. The Morgan fingerprint density at radius 2 is 1.64 bits per heavy atom. The zero-order chi connectivity index (χ0) is 17.6. The molecule has 0 aliphatic rings. The summed E-state index contributed by atoms with van der Waals surface area (Å²) in [5.74, 6) is 0.0543. The first-order chi connectivity index (χ1) is 12.1. The van der Waals surface area contributed by atoms with Crippen molar-refractivity contribution in [3.05, 3.63) is 76.3 Å². The zero-order valence-electron chi connectivity index (χ0n) is 13.2. The van der Waals surface area contributed by atoms with Crippen LogP contribution in [-0.2, 0) is 6.54 Å². The predicted octanol–water partition coefficient (Wildman–Crippen LogP) is 3.32. The summed E-state index contributed by atoms with van der Waals surface area (Å²) < 4.78 is 0. The van der Waals surface area contributed by atoms with Gasteiger partial charge in [-0.25, -0.2) is 0 Å². The van der Waals surface area contributed by atoms with Crippen LogP contribution < -0.4 is 16.4 Å². The number of nitrogens with two attached hydrogens (primary N) is 1. The van der Waals surface area contributed by atoms with Crippen LogP contribution in [0, 0.1) is 10.1 Å². The smallest absolute Gasteiger partial charge is 0.353 e. The number of rotatable bonds is 6. The average Bonchev–Trinajstić information content (AvgIpc) is 2.61. The number of nitro groups is 1. The fraction of sp³-hybridized carbons (Fsp3) is 0.0588. The summed E-state index contributed by atoms with van der Waals surface area (Å²) in [4.78, 5) is 18.9. The molecule has 0 atom stereocenters. The Bertz CT molecular complexity index is 871. The molecule has 1 aromatic heterocycles. The summed E-state index contributed by atoms with van der Waals surface area (Å²) in [5, 5.41) is 17.3. The van der Waals surface area contributed by atoms with Crippen LogP contribution in [0.25, 0.3) is 0 Å². The van der Waals surface area contributed by atoms with Crippen LogP contribution >= 0.6 is 0 Å². The summed E-state index contributed by atoms with van der Waals surface area (Å²) in [7, 11) is 0. The lowest BCUT2D eigenvalue weighted by molar-refractivity contribution is -0.383. The zero-order valence-corrected chi connectivity index (χ0v) is 13.2. The van der Waals surface area contributed by atoms with E-state index < -0.39 is 4.92 Å². The third-order valence-electron chi connectivity index (χ3n) is 3.42. The molecule has 8 nitrogen and oxygen atoms in total. The number of aromatic nitrogens is 2. The van der Waals surface area contributed by atoms with Gasteiger partial charge in [0.1, 0.15) is 0 Å². The number of nitrogens with zero attached hydrogens (tertiary/aromatic N) is 3. The summed E-state index contributed by atoms with van der Waals surface area (Å²) in [6.07, 6.45) is 0. The van der Waals surface area contributed by atoms with Crippen LogP contribution in [-0.4, -0.2) is 14.9 Å². The molecule has 0 fully saturated rings. The molecule has 3 aromatic rings. The van der Waals surface area contributed by atoms with Crippen molar-refractivity contribution in [1.82, 2.24) is 9.97 Å². The lowest BCUT2D eigenvalue weighted by atomic mass is 10.2. The number of nitrogen functional groups attached to an aromatic ring is 1. The SMILES string of the molecule is Nc1nc(NCc2ccccc2)nc(Nc2ccccc2)c1[N+](=O)[O-]. The van der Waals surface area contributed by atoms with Crippen LogP contribution in [0.15, 0.2) is 60.7 Å². The second-order valence-corrected chi connectivity index (χ2v) is 5.22. The first-order valence-electron chi connectivity index (χ1n) is 7.55.